The van der Waals surface area contributed by atoms with Gasteiger partial charge in [-0.25, -0.2) is 0 Å². The molecule has 104 valence electrons. The number of carbonyl (C=O) groups is 1. The molecule has 3 rings (SSSR count). The van der Waals surface area contributed by atoms with Gasteiger partial charge in [-0.1, -0.05) is 6.42 Å². The molecule has 2 nitrogen and oxygen atoms in total. The zero-order valence-corrected chi connectivity index (χ0v) is 14.8. The van der Waals surface area contributed by atoms with Crippen molar-refractivity contribution in [2.45, 2.75) is 38.6 Å². The zero-order valence-electron chi connectivity index (χ0n) is 10.8. The van der Waals surface area contributed by atoms with Gasteiger partial charge in [-0.3, -0.25) is 4.79 Å². The molecule has 2 aliphatic rings. The highest BCUT2D eigenvalue weighted by atomic mass is 79.9. The van der Waals surface area contributed by atoms with E-state index in [-0.39, 0.29) is 5.91 Å². The van der Waals surface area contributed by atoms with Crippen LogP contribution in [0.15, 0.2) is 14.3 Å². The number of fused-ring (bicyclic) bond motifs is 2. The monoisotopic (exact) mass is 405 g/mol. The van der Waals surface area contributed by atoms with Crippen molar-refractivity contribution in [3.8, 4) is 0 Å². The van der Waals surface area contributed by atoms with Crippen LogP contribution in [0.2, 0.25) is 0 Å². The van der Waals surface area contributed by atoms with Gasteiger partial charge in [0.1, 0.15) is 0 Å². The fourth-order valence-electron chi connectivity index (χ4n) is 3.75. The Morgan fingerprint density at radius 1 is 1.42 bits per heavy atom. The molecule has 2 fully saturated rings. The van der Waals surface area contributed by atoms with E-state index >= 15 is 0 Å². The lowest BCUT2D eigenvalue weighted by Gasteiger charge is -2.28. The molecule has 1 heterocycles. The van der Waals surface area contributed by atoms with Crippen LogP contribution in [0.4, 0.5) is 0 Å². The highest BCUT2D eigenvalue weighted by molar-refractivity contribution is 9.13. The predicted molar refractivity (Wildman–Crippen MR) is 85.6 cm³/mol. The highest BCUT2D eigenvalue weighted by Crippen LogP contribution is 2.49. The van der Waals surface area contributed by atoms with Crippen molar-refractivity contribution < 1.29 is 4.79 Å². The Kier molecular flexibility index (Phi) is 4.07. The quantitative estimate of drug-likeness (QED) is 0.765. The van der Waals surface area contributed by atoms with Crippen LogP contribution < -0.4 is 5.32 Å². The van der Waals surface area contributed by atoms with Crippen molar-refractivity contribution >= 4 is 49.1 Å². The van der Waals surface area contributed by atoms with Gasteiger partial charge in [0.25, 0.3) is 5.91 Å². The Hall–Kier alpha value is 0.130. The van der Waals surface area contributed by atoms with Gasteiger partial charge in [0.15, 0.2) is 0 Å². The second-order valence-electron chi connectivity index (χ2n) is 5.83. The van der Waals surface area contributed by atoms with E-state index < -0.39 is 0 Å². The van der Waals surface area contributed by atoms with Crippen LogP contribution in [0, 0.1) is 17.8 Å². The van der Waals surface area contributed by atoms with Gasteiger partial charge >= 0.3 is 0 Å². The lowest BCUT2D eigenvalue weighted by atomic mass is 9.84. The fourth-order valence-corrected chi connectivity index (χ4v) is 5.69. The van der Waals surface area contributed by atoms with Crippen LogP contribution >= 0.6 is 43.2 Å². The summed E-state index contributed by atoms with van der Waals surface area (Å²) >= 11 is 8.34. The average molecular weight is 407 g/mol. The van der Waals surface area contributed by atoms with Gasteiger partial charge in [-0.15, -0.1) is 11.3 Å². The first kappa shape index (κ1) is 14.1. The predicted octanol–water partition coefficient (Wildman–Crippen LogP) is 4.83. The molecular formula is C14H17Br2NOS. The summed E-state index contributed by atoms with van der Waals surface area (Å²) in [4.78, 5) is 13.0. The summed E-state index contributed by atoms with van der Waals surface area (Å²) in [5.41, 5.74) is 0. The molecule has 0 spiro atoms. The van der Waals surface area contributed by atoms with Crippen molar-refractivity contribution in [1.29, 1.82) is 0 Å². The smallest absolute Gasteiger partial charge is 0.261 e. The Balaban J connectivity index is 1.63. The number of amides is 1. The van der Waals surface area contributed by atoms with Crippen LogP contribution in [-0.4, -0.2) is 11.9 Å². The van der Waals surface area contributed by atoms with E-state index in [1.54, 1.807) is 0 Å². The summed E-state index contributed by atoms with van der Waals surface area (Å²) in [6.45, 7) is 2.17. The van der Waals surface area contributed by atoms with Crippen molar-refractivity contribution in [3.63, 3.8) is 0 Å². The number of nitrogens with one attached hydrogen (secondary N) is 1. The molecule has 2 bridgehead atoms. The van der Waals surface area contributed by atoms with Crippen LogP contribution in [0.1, 0.15) is 42.3 Å². The van der Waals surface area contributed by atoms with Crippen molar-refractivity contribution in [1.82, 2.24) is 5.32 Å². The molecule has 1 aromatic heterocycles. The van der Waals surface area contributed by atoms with Gasteiger partial charge in [0.2, 0.25) is 0 Å². The van der Waals surface area contributed by atoms with E-state index in [0.717, 1.165) is 25.0 Å². The van der Waals surface area contributed by atoms with Gasteiger partial charge in [-0.05, 0) is 81.9 Å². The first-order chi connectivity index (χ1) is 9.04. The number of hydrogen-bond acceptors (Lipinski definition) is 2. The Morgan fingerprint density at radius 3 is 2.74 bits per heavy atom. The minimum absolute atomic E-state index is 0.0617. The minimum atomic E-state index is 0.0617. The molecule has 1 amide bonds. The normalized spacial score (nSPS) is 30.6. The molecule has 1 aromatic rings. The van der Waals surface area contributed by atoms with Gasteiger partial charge < -0.3 is 5.32 Å². The first-order valence-electron chi connectivity index (χ1n) is 6.80. The molecule has 5 heteroatoms. The summed E-state index contributed by atoms with van der Waals surface area (Å²) < 4.78 is 1.93. The van der Waals surface area contributed by atoms with E-state index in [4.69, 9.17) is 0 Å². The zero-order chi connectivity index (χ0) is 13.6. The molecule has 0 radical (unpaired) electrons. The molecule has 4 atom stereocenters. The van der Waals surface area contributed by atoms with E-state index in [0.29, 0.717) is 12.0 Å². The van der Waals surface area contributed by atoms with Crippen LogP contribution in [-0.2, 0) is 0 Å². The second-order valence-corrected chi connectivity index (χ2v) is 9.06. The summed E-state index contributed by atoms with van der Waals surface area (Å²) in [7, 11) is 0. The Labute approximate surface area is 134 Å². The van der Waals surface area contributed by atoms with E-state index in [2.05, 4.69) is 44.1 Å². The van der Waals surface area contributed by atoms with E-state index in [9.17, 15) is 4.79 Å². The molecule has 0 unspecified atom stereocenters. The first-order valence-corrected chi connectivity index (χ1v) is 9.20. The van der Waals surface area contributed by atoms with Crippen molar-refractivity contribution in [3.05, 3.63) is 19.2 Å². The molecular weight excluding hydrogens is 390 g/mol. The van der Waals surface area contributed by atoms with Crippen molar-refractivity contribution in [2.75, 3.05) is 0 Å². The molecule has 2 aliphatic carbocycles. The molecule has 0 saturated heterocycles. The van der Waals surface area contributed by atoms with Gasteiger partial charge in [-0.2, -0.15) is 0 Å². The lowest BCUT2D eigenvalue weighted by Crippen LogP contribution is -2.39. The third-order valence-corrected chi connectivity index (χ3v) is 7.92. The number of halogens is 2. The molecule has 0 aromatic carbocycles. The standard InChI is InChI=1S/C14H17Br2NOS/c1-7(10-5-8-2-3-9(10)4-8)17-14(18)12-6-11(15)13(16)19-12/h6-10H,2-5H2,1H3,(H,17,18)/t7-,8+,9+,10+/m1/s1. The summed E-state index contributed by atoms with van der Waals surface area (Å²) in [6.07, 6.45) is 5.48. The maximum absolute atomic E-state index is 12.2. The average Bonchev–Trinajstić information content (AvgIpc) is 3.06. The third-order valence-electron chi connectivity index (χ3n) is 4.66. The summed E-state index contributed by atoms with van der Waals surface area (Å²) in [5, 5.41) is 3.19. The van der Waals surface area contributed by atoms with Crippen molar-refractivity contribution in [2.24, 2.45) is 17.8 Å². The van der Waals surface area contributed by atoms with Crippen LogP contribution in [0.25, 0.3) is 0 Å². The molecule has 2 saturated carbocycles. The topological polar surface area (TPSA) is 29.1 Å². The van der Waals surface area contributed by atoms with Crippen LogP contribution in [0.3, 0.4) is 0 Å². The second kappa shape index (κ2) is 5.49. The maximum Gasteiger partial charge on any atom is 0.261 e. The van der Waals surface area contributed by atoms with Gasteiger partial charge in [0, 0.05) is 10.5 Å². The highest BCUT2D eigenvalue weighted by Gasteiger charge is 2.42. The number of hydrogen-bond donors (Lipinski definition) is 1. The number of thiophene rings is 1. The molecule has 19 heavy (non-hydrogen) atoms. The minimum Gasteiger partial charge on any atom is -0.349 e. The summed E-state index contributed by atoms with van der Waals surface area (Å²) in [5.74, 6) is 2.53. The SMILES string of the molecule is C[C@@H](NC(=O)c1cc(Br)c(Br)s1)[C@@H]1C[C@H]2CC[C@H]1C2. The largest absolute Gasteiger partial charge is 0.349 e. The van der Waals surface area contributed by atoms with Gasteiger partial charge in [0.05, 0.1) is 8.66 Å². The van der Waals surface area contributed by atoms with E-state index in [1.165, 1.54) is 37.0 Å². The van der Waals surface area contributed by atoms with E-state index in [1.807, 2.05) is 6.07 Å². The lowest BCUT2D eigenvalue weighted by molar-refractivity contribution is 0.0919. The molecule has 1 N–H and O–H groups in total. The number of rotatable bonds is 3. The maximum atomic E-state index is 12.2. The number of carbonyl (C=O) groups excluding carboxylic acids is 1. The molecule has 0 aliphatic heterocycles. The van der Waals surface area contributed by atoms with Crippen LogP contribution in [0.5, 0.6) is 0 Å². The fraction of sp³-hybridized carbons (Fsp3) is 0.643. The summed E-state index contributed by atoms with van der Waals surface area (Å²) in [6, 6.07) is 2.18. The third kappa shape index (κ3) is 2.79. The Morgan fingerprint density at radius 2 is 2.21 bits per heavy atom. The Bertz CT molecular complexity index is 482.